The van der Waals surface area contributed by atoms with Gasteiger partial charge in [0.25, 0.3) is 0 Å². The van der Waals surface area contributed by atoms with E-state index in [4.69, 9.17) is 9.42 Å². The topological polar surface area (TPSA) is 21.6 Å². The fraction of sp³-hybridized carbons (Fsp3) is 0.667. The Morgan fingerprint density at radius 3 is 2.33 bits per heavy atom. The van der Waals surface area contributed by atoms with Gasteiger partial charge in [0.15, 0.2) is 13.9 Å². The fourth-order valence-corrected chi connectivity index (χ4v) is 9.50. The zero-order chi connectivity index (χ0) is 18.9. The second kappa shape index (κ2) is 4.70. The molecule has 6 rings (SSSR count). The van der Waals surface area contributed by atoms with Crippen LogP contribution in [-0.2, 0) is 4.43 Å². The monoisotopic (exact) mass is 391 g/mol. The lowest BCUT2D eigenvalue weighted by atomic mass is 9.55. The summed E-state index contributed by atoms with van der Waals surface area (Å²) in [6.45, 7) is 5.69. The molecular weight excluding hydrogens is 367 g/mol. The highest BCUT2D eigenvalue weighted by Crippen LogP contribution is 2.86. The first-order valence-electron chi connectivity index (χ1n) is 10.1. The molecule has 5 aliphatic carbocycles. The average molecular weight is 392 g/mol. The summed E-state index contributed by atoms with van der Waals surface area (Å²) in [6.07, 6.45) is -3.34. The maximum absolute atomic E-state index is 14.7. The van der Waals surface area contributed by atoms with Crippen molar-refractivity contribution in [2.45, 2.75) is 37.8 Å². The number of alkyl halides is 3. The summed E-state index contributed by atoms with van der Waals surface area (Å²) < 4.78 is 50.1. The van der Waals surface area contributed by atoms with Crippen LogP contribution in [0, 0.1) is 47.3 Å². The van der Waals surface area contributed by atoms with E-state index in [-0.39, 0.29) is 23.7 Å². The minimum atomic E-state index is -4.30. The van der Waals surface area contributed by atoms with Crippen molar-refractivity contribution < 1.29 is 17.6 Å². The van der Waals surface area contributed by atoms with Crippen molar-refractivity contribution in [3.05, 3.63) is 30.3 Å². The van der Waals surface area contributed by atoms with Gasteiger partial charge in [-0.2, -0.15) is 13.2 Å². The zero-order valence-electron chi connectivity index (χ0n) is 15.7. The number of fused-ring (bicyclic) bond motifs is 2. The van der Waals surface area contributed by atoms with Gasteiger partial charge in [0.1, 0.15) is 0 Å². The van der Waals surface area contributed by atoms with Gasteiger partial charge in [0.05, 0.1) is 5.69 Å². The molecule has 27 heavy (non-hydrogen) atoms. The lowest BCUT2D eigenvalue weighted by Crippen LogP contribution is -2.67. The third-order valence-electron chi connectivity index (χ3n) is 8.11. The summed E-state index contributed by atoms with van der Waals surface area (Å²) in [5.41, 5.74) is 0.0323. The van der Waals surface area contributed by atoms with Crippen molar-refractivity contribution >= 4 is 19.7 Å². The van der Waals surface area contributed by atoms with Gasteiger partial charge in [0.2, 0.25) is 0 Å². The van der Waals surface area contributed by atoms with E-state index in [0.717, 1.165) is 17.8 Å². The number of benzene rings is 1. The molecule has 6 heteroatoms. The number of halogens is 3. The molecule has 0 amide bonds. The normalized spacial score (nSPS) is 50.1. The molecule has 0 radical (unpaired) electrons. The minimum absolute atomic E-state index is 0.0214. The van der Waals surface area contributed by atoms with Gasteiger partial charge in [-0.3, -0.25) is 4.99 Å². The quantitative estimate of drug-likeness (QED) is 0.641. The summed E-state index contributed by atoms with van der Waals surface area (Å²) in [5.74, 6) is 0.360. The van der Waals surface area contributed by atoms with Crippen LogP contribution in [0.3, 0.4) is 0 Å². The predicted molar refractivity (Wildman–Crippen MR) is 99.3 cm³/mol. The molecule has 0 N–H and O–H groups in total. The average Bonchev–Trinajstić information content (AvgIpc) is 3.05. The number of para-hydroxylation sites is 1. The van der Waals surface area contributed by atoms with Crippen LogP contribution in [0.4, 0.5) is 18.9 Å². The Hall–Kier alpha value is -1.14. The molecule has 0 unspecified atom stereocenters. The van der Waals surface area contributed by atoms with Crippen molar-refractivity contribution in [2.75, 3.05) is 0 Å². The smallest absolute Gasteiger partial charge is 0.403 e. The molecule has 5 saturated carbocycles. The van der Waals surface area contributed by atoms with Crippen molar-refractivity contribution in [1.82, 2.24) is 0 Å². The third kappa shape index (κ3) is 1.76. The Balaban J connectivity index is 1.51. The van der Waals surface area contributed by atoms with E-state index in [9.17, 15) is 13.2 Å². The largest absolute Gasteiger partial charge is 0.416 e. The molecular formula is C21H24F3NOSi. The molecule has 2 nitrogen and oxygen atoms in total. The standard InChI is InChI=1S/C21H24F3NOSi/c1-27(2,3)26-20(21(22,23)24)17-12-9-11-13-14(12)18(20)16(13)19(15(11)17)25-10-7-5-4-6-8-10/h4-8,11-18H,9H2,1-3H3/t11-,12+,13-,14+,15+,16-,17-,18+,20+/m0/s1. The van der Waals surface area contributed by atoms with Crippen molar-refractivity contribution in [3.63, 3.8) is 0 Å². The third-order valence-corrected chi connectivity index (χ3v) is 9.06. The van der Waals surface area contributed by atoms with Gasteiger partial charge in [0, 0.05) is 29.4 Å². The van der Waals surface area contributed by atoms with Crippen LogP contribution in [0.2, 0.25) is 19.6 Å². The van der Waals surface area contributed by atoms with Gasteiger partial charge >= 0.3 is 6.18 Å². The molecule has 9 atom stereocenters. The number of aliphatic imine (C=N–C) groups is 1. The molecule has 2 bridgehead atoms. The summed E-state index contributed by atoms with van der Waals surface area (Å²) in [7, 11) is -2.36. The van der Waals surface area contributed by atoms with E-state index in [0.29, 0.717) is 11.8 Å². The molecule has 1 aromatic carbocycles. The van der Waals surface area contributed by atoms with Crippen molar-refractivity contribution in [3.8, 4) is 0 Å². The molecule has 5 aliphatic rings. The van der Waals surface area contributed by atoms with Crippen molar-refractivity contribution in [2.24, 2.45) is 52.3 Å². The van der Waals surface area contributed by atoms with E-state index in [1.165, 1.54) is 0 Å². The summed E-state index contributed by atoms with van der Waals surface area (Å²) >= 11 is 0. The van der Waals surface area contributed by atoms with Gasteiger partial charge in [-0.15, -0.1) is 0 Å². The molecule has 0 spiro atoms. The van der Waals surface area contributed by atoms with Crippen LogP contribution in [0.1, 0.15) is 6.42 Å². The SMILES string of the molecule is C[Si](C)(C)O[C@]1(C(F)(F)F)[C@H]2[C@@H]3C[C@@H]4[C@H]2C(=Nc2ccccc2)[C@H]2[C@@H]4[C@@H]3[C@H]21. The van der Waals surface area contributed by atoms with E-state index in [1.54, 1.807) is 0 Å². The predicted octanol–water partition coefficient (Wildman–Crippen LogP) is 5.30. The number of nitrogens with zero attached hydrogens (tertiary/aromatic N) is 1. The number of rotatable bonds is 3. The second-order valence-corrected chi connectivity index (χ2v) is 14.6. The molecule has 1 aromatic rings. The van der Waals surface area contributed by atoms with Gasteiger partial charge in [-0.05, 0) is 61.9 Å². The second-order valence-electron chi connectivity index (χ2n) is 10.2. The first-order valence-corrected chi connectivity index (χ1v) is 13.5. The van der Waals surface area contributed by atoms with Crippen LogP contribution >= 0.6 is 0 Å². The lowest BCUT2D eigenvalue weighted by molar-refractivity contribution is -0.295. The first-order chi connectivity index (χ1) is 12.7. The van der Waals surface area contributed by atoms with E-state index in [1.807, 2.05) is 50.0 Å². The maximum atomic E-state index is 14.7. The van der Waals surface area contributed by atoms with Crippen LogP contribution in [0.5, 0.6) is 0 Å². The Morgan fingerprint density at radius 2 is 1.70 bits per heavy atom. The first kappa shape index (κ1) is 16.8. The molecule has 5 fully saturated rings. The van der Waals surface area contributed by atoms with Gasteiger partial charge in [-0.1, -0.05) is 18.2 Å². The molecule has 0 heterocycles. The van der Waals surface area contributed by atoms with E-state index >= 15 is 0 Å². The van der Waals surface area contributed by atoms with Gasteiger partial charge < -0.3 is 4.43 Å². The van der Waals surface area contributed by atoms with Crippen molar-refractivity contribution in [1.29, 1.82) is 0 Å². The zero-order valence-corrected chi connectivity index (χ0v) is 16.7. The minimum Gasteiger partial charge on any atom is -0.403 e. The fourth-order valence-electron chi connectivity index (χ4n) is 8.09. The summed E-state index contributed by atoms with van der Waals surface area (Å²) in [5, 5.41) is 0. The lowest BCUT2D eigenvalue weighted by Gasteiger charge is -2.55. The Kier molecular flexibility index (Phi) is 2.92. The Morgan fingerprint density at radius 1 is 1.00 bits per heavy atom. The van der Waals surface area contributed by atoms with Crippen LogP contribution in [0.25, 0.3) is 0 Å². The Bertz CT molecular complexity index is 847. The van der Waals surface area contributed by atoms with Crippen LogP contribution in [0.15, 0.2) is 35.3 Å². The van der Waals surface area contributed by atoms with Gasteiger partial charge in [-0.25, -0.2) is 0 Å². The highest BCUT2D eigenvalue weighted by atomic mass is 28.4. The number of hydrogen-bond donors (Lipinski definition) is 0. The summed E-state index contributed by atoms with van der Waals surface area (Å²) in [6, 6.07) is 9.74. The summed E-state index contributed by atoms with van der Waals surface area (Å²) in [4.78, 5) is 4.93. The van der Waals surface area contributed by atoms with Crippen LogP contribution < -0.4 is 0 Å². The van der Waals surface area contributed by atoms with E-state index in [2.05, 4.69) is 0 Å². The van der Waals surface area contributed by atoms with Crippen LogP contribution in [-0.4, -0.2) is 25.8 Å². The van der Waals surface area contributed by atoms with E-state index < -0.39 is 31.9 Å². The highest BCUT2D eigenvalue weighted by molar-refractivity contribution is 6.69. The maximum Gasteiger partial charge on any atom is 0.416 e. The highest BCUT2D eigenvalue weighted by Gasteiger charge is 2.92. The molecule has 0 aliphatic heterocycles. The molecule has 144 valence electrons. The Labute approximate surface area is 158 Å². The number of hydrogen-bond acceptors (Lipinski definition) is 2. The molecule has 0 aromatic heterocycles. The molecule has 0 saturated heterocycles.